The Balaban J connectivity index is 2.39. The van der Waals surface area contributed by atoms with Gasteiger partial charge in [-0.2, -0.15) is 0 Å². The number of hydrogen-bond donors (Lipinski definition) is 1. The first-order chi connectivity index (χ1) is 9.22. The van der Waals surface area contributed by atoms with Crippen molar-refractivity contribution >= 4 is 12.0 Å². The summed E-state index contributed by atoms with van der Waals surface area (Å²) in [5.74, 6) is -0.219. The van der Waals surface area contributed by atoms with Gasteiger partial charge in [0.2, 0.25) is 0 Å². The highest BCUT2D eigenvalue weighted by atomic mass is 16.5. The van der Waals surface area contributed by atoms with E-state index >= 15 is 0 Å². The van der Waals surface area contributed by atoms with Crippen LogP contribution >= 0.6 is 0 Å². The van der Waals surface area contributed by atoms with E-state index in [2.05, 4.69) is 4.98 Å². The number of nitrogens with zero attached hydrogens (tertiary/aromatic N) is 1. The van der Waals surface area contributed by atoms with Gasteiger partial charge in [-0.05, 0) is 19.1 Å². The van der Waals surface area contributed by atoms with Gasteiger partial charge in [-0.3, -0.25) is 4.98 Å². The zero-order chi connectivity index (χ0) is 13.7. The number of carbonyl (C=O) groups is 1. The molecule has 4 heteroatoms. The van der Waals surface area contributed by atoms with Crippen molar-refractivity contribution in [2.75, 3.05) is 0 Å². The lowest BCUT2D eigenvalue weighted by atomic mass is 10.2. The number of benzene rings is 1. The van der Waals surface area contributed by atoms with Gasteiger partial charge in [0.15, 0.2) is 5.75 Å². The molecule has 0 fully saturated rings. The molecule has 0 unspecified atom stereocenters. The molecule has 0 bridgehead atoms. The van der Waals surface area contributed by atoms with E-state index in [4.69, 9.17) is 9.84 Å². The second kappa shape index (κ2) is 5.82. The van der Waals surface area contributed by atoms with Crippen LogP contribution < -0.4 is 4.74 Å². The first-order valence-corrected chi connectivity index (χ1v) is 5.79. The number of aromatic carboxylic acids is 1. The molecular weight excluding hydrogens is 242 g/mol. The highest BCUT2D eigenvalue weighted by molar-refractivity contribution is 5.90. The molecule has 1 N–H and O–H groups in total. The zero-order valence-electron chi connectivity index (χ0n) is 10.4. The Hall–Kier alpha value is -2.62. The second-order valence-corrected chi connectivity index (χ2v) is 3.82. The largest absolute Gasteiger partial charge is 0.478 e. The monoisotopic (exact) mass is 255 g/mol. The summed E-state index contributed by atoms with van der Waals surface area (Å²) in [5, 5.41) is 9.09. The predicted molar refractivity (Wildman–Crippen MR) is 72.4 cm³/mol. The minimum Gasteiger partial charge on any atom is -0.478 e. The van der Waals surface area contributed by atoms with Crippen LogP contribution in [0.5, 0.6) is 11.5 Å². The molecule has 0 aliphatic rings. The van der Waals surface area contributed by atoms with Crippen molar-refractivity contribution in [3.05, 3.63) is 59.9 Å². The van der Waals surface area contributed by atoms with E-state index in [1.54, 1.807) is 6.07 Å². The van der Waals surface area contributed by atoms with Crippen LogP contribution in [0.2, 0.25) is 0 Å². The molecule has 0 spiro atoms. The normalized spacial score (nSPS) is 10.6. The van der Waals surface area contributed by atoms with E-state index in [1.165, 1.54) is 18.5 Å². The van der Waals surface area contributed by atoms with Crippen LogP contribution in [0, 0.1) is 0 Å². The lowest BCUT2D eigenvalue weighted by molar-refractivity contribution is 0.0694. The number of para-hydroxylation sites is 1. The number of carboxylic acid groups (broad SMARTS) is 1. The van der Waals surface area contributed by atoms with Crippen molar-refractivity contribution in [3.63, 3.8) is 0 Å². The molecule has 0 aliphatic heterocycles. The summed E-state index contributed by atoms with van der Waals surface area (Å²) in [6.45, 7) is 1.91. The molecule has 1 aromatic carbocycles. The van der Waals surface area contributed by atoms with Gasteiger partial charge in [0, 0.05) is 11.8 Å². The fourth-order valence-corrected chi connectivity index (χ4v) is 1.65. The number of pyridine rings is 1. The fourth-order valence-electron chi connectivity index (χ4n) is 1.65. The highest BCUT2D eigenvalue weighted by Gasteiger charge is 2.12. The van der Waals surface area contributed by atoms with Gasteiger partial charge >= 0.3 is 5.97 Å². The Labute approximate surface area is 111 Å². The average Bonchev–Trinajstić information content (AvgIpc) is 2.42. The van der Waals surface area contributed by atoms with Crippen molar-refractivity contribution in [2.24, 2.45) is 0 Å². The molecule has 0 amide bonds. The number of allylic oxidation sites excluding steroid dienone is 1. The molecule has 2 rings (SSSR count). The molecule has 2 aromatic rings. The lowest BCUT2D eigenvalue weighted by Crippen LogP contribution is -2.00. The second-order valence-electron chi connectivity index (χ2n) is 3.82. The third kappa shape index (κ3) is 2.98. The number of ether oxygens (including phenoxy) is 1. The summed E-state index contributed by atoms with van der Waals surface area (Å²) in [4.78, 5) is 15.0. The maximum absolute atomic E-state index is 11.1. The van der Waals surface area contributed by atoms with Gasteiger partial charge in [-0.25, -0.2) is 4.79 Å². The number of carboxylic acids is 1. The van der Waals surface area contributed by atoms with Crippen LogP contribution in [-0.4, -0.2) is 16.1 Å². The Morgan fingerprint density at radius 3 is 2.79 bits per heavy atom. The molecular formula is C15H13NO3. The molecule has 1 heterocycles. The van der Waals surface area contributed by atoms with E-state index in [1.807, 2.05) is 37.3 Å². The van der Waals surface area contributed by atoms with Crippen LogP contribution in [0.3, 0.4) is 0 Å². The van der Waals surface area contributed by atoms with Gasteiger partial charge in [0.25, 0.3) is 0 Å². The van der Waals surface area contributed by atoms with E-state index in [-0.39, 0.29) is 11.3 Å². The van der Waals surface area contributed by atoms with Gasteiger partial charge in [-0.15, -0.1) is 0 Å². The summed E-state index contributed by atoms with van der Waals surface area (Å²) < 4.78 is 5.66. The number of rotatable bonds is 4. The Morgan fingerprint density at radius 1 is 1.26 bits per heavy atom. The Bertz CT molecular complexity index is 620. The third-order valence-corrected chi connectivity index (χ3v) is 2.50. The average molecular weight is 255 g/mol. The highest BCUT2D eigenvalue weighted by Crippen LogP contribution is 2.28. The lowest BCUT2D eigenvalue weighted by Gasteiger charge is -2.10. The van der Waals surface area contributed by atoms with Crippen LogP contribution in [0.4, 0.5) is 0 Å². The van der Waals surface area contributed by atoms with Crippen molar-refractivity contribution in [1.82, 2.24) is 4.98 Å². The summed E-state index contributed by atoms with van der Waals surface area (Å²) in [6.07, 6.45) is 6.61. The van der Waals surface area contributed by atoms with E-state index in [9.17, 15) is 4.79 Å². The minimum atomic E-state index is -1.04. The van der Waals surface area contributed by atoms with Crippen molar-refractivity contribution < 1.29 is 14.6 Å². The number of aromatic nitrogens is 1. The van der Waals surface area contributed by atoms with Crippen molar-refractivity contribution in [3.8, 4) is 11.5 Å². The quantitative estimate of drug-likeness (QED) is 0.906. The maximum Gasteiger partial charge on any atom is 0.339 e. The third-order valence-electron chi connectivity index (χ3n) is 2.50. The number of hydrogen-bond acceptors (Lipinski definition) is 3. The van der Waals surface area contributed by atoms with Crippen LogP contribution in [-0.2, 0) is 0 Å². The topological polar surface area (TPSA) is 59.4 Å². The van der Waals surface area contributed by atoms with Crippen LogP contribution in [0.25, 0.3) is 6.08 Å². The Morgan fingerprint density at radius 2 is 2.05 bits per heavy atom. The van der Waals surface area contributed by atoms with Crippen LogP contribution in [0.1, 0.15) is 22.8 Å². The molecule has 0 saturated heterocycles. The van der Waals surface area contributed by atoms with Gasteiger partial charge in [0.1, 0.15) is 11.3 Å². The smallest absolute Gasteiger partial charge is 0.339 e. The molecule has 0 atom stereocenters. The molecule has 19 heavy (non-hydrogen) atoms. The van der Waals surface area contributed by atoms with E-state index in [0.717, 1.165) is 5.56 Å². The van der Waals surface area contributed by atoms with Gasteiger partial charge in [0.05, 0.1) is 6.20 Å². The first-order valence-electron chi connectivity index (χ1n) is 5.79. The van der Waals surface area contributed by atoms with E-state index in [0.29, 0.717) is 5.75 Å². The van der Waals surface area contributed by atoms with Gasteiger partial charge in [-0.1, -0.05) is 30.4 Å². The SMILES string of the molecule is C/C=C/c1ccccc1Oc1cnccc1C(=O)O. The van der Waals surface area contributed by atoms with Crippen molar-refractivity contribution in [2.45, 2.75) is 6.92 Å². The minimum absolute atomic E-state index is 0.0882. The van der Waals surface area contributed by atoms with Crippen LogP contribution in [0.15, 0.2) is 48.8 Å². The molecule has 4 nitrogen and oxygen atoms in total. The zero-order valence-corrected chi connectivity index (χ0v) is 10.4. The van der Waals surface area contributed by atoms with Gasteiger partial charge < -0.3 is 9.84 Å². The summed E-state index contributed by atoms with van der Waals surface area (Å²) in [5.41, 5.74) is 0.968. The van der Waals surface area contributed by atoms with Crippen molar-refractivity contribution in [1.29, 1.82) is 0 Å². The molecule has 1 aromatic heterocycles. The molecule has 96 valence electrons. The molecule has 0 saturated carbocycles. The standard InChI is InChI=1S/C15H13NO3/c1-2-5-11-6-3-4-7-13(11)19-14-10-16-9-8-12(14)15(17)18/h2-10H,1H3,(H,17,18)/b5-2+. The maximum atomic E-state index is 11.1. The fraction of sp³-hybridized carbons (Fsp3) is 0.0667. The molecule has 0 radical (unpaired) electrons. The van der Waals surface area contributed by atoms with E-state index < -0.39 is 5.97 Å². The summed E-state index contributed by atoms with van der Waals surface area (Å²) in [7, 11) is 0. The predicted octanol–water partition coefficient (Wildman–Crippen LogP) is 3.61. The Kier molecular flexibility index (Phi) is 3.93. The first kappa shape index (κ1) is 12.8. The molecule has 0 aliphatic carbocycles. The summed E-state index contributed by atoms with van der Waals surface area (Å²) >= 11 is 0. The summed E-state index contributed by atoms with van der Waals surface area (Å²) in [6, 6.07) is 8.82.